The second-order valence-electron chi connectivity index (χ2n) is 4.24. The molecule has 1 saturated carbocycles. The molecule has 14 heavy (non-hydrogen) atoms. The predicted molar refractivity (Wildman–Crippen MR) is 61.4 cm³/mol. The molecule has 0 aromatic carbocycles. The van der Waals surface area contributed by atoms with Gasteiger partial charge in [-0.3, -0.25) is 0 Å². The minimum atomic E-state index is 0.568. The van der Waals surface area contributed by atoms with Gasteiger partial charge in [-0.25, -0.2) is 0 Å². The average molecular weight is 196 g/mol. The van der Waals surface area contributed by atoms with Crippen LogP contribution in [0.4, 0.5) is 0 Å². The van der Waals surface area contributed by atoms with Crippen LogP contribution in [0.2, 0.25) is 0 Å². The van der Waals surface area contributed by atoms with Gasteiger partial charge in [-0.1, -0.05) is 12.2 Å². The van der Waals surface area contributed by atoms with Crippen LogP contribution in [0.3, 0.4) is 0 Å². The monoisotopic (exact) mass is 196 g/mol. The number of rotatable bonds is 5. The standard InChI is InChI=1S/C13H24O/c1-3-5-6-7-12-8-10-13(11-9-12)14-4-2/h3,5,12-13H,4,6-11H2,1-2H3/b5-3+. The minimum Gasteiger partial charge on any atom is -0.379 e. The number of hydrogen-bond donors (Lipinski definition) is 0. The topological polar surface area (TPSA) is 9.23 Å². The maximum atomic E-state index is 5.64. The van der Waals surface area contributed by atoms with Gasteiger partial charge in [0.15, 0.2) is 0 Å². The maximum absolute atomic E-state index is 5.64. The van der Waals surface area contributed by atoms with Crippen molar-refractivity contribution in [1.82, 2.24) is 0 Å². The van der Waals surface area contributed by atoms with E-state index in [2.05, 4.69) is 26.0 Å². The average Bonchev–Trinajstić information content (AvgIpc) is 2.21. The fraction of sp³-hybridized carbons (Fsp3) is 0.846. The van der Waals surface area contributed by atoms with Gasteiger partial charge >= 0.3 is 0 Å². The van der Waals surface area contributed by atoms with Crippen LogP contribution in [0.1, 0.15) is 52.4 Å². The van der Waals surface area contributed by atoms with Crippen LogP contribution in [-0.2, 0) is 4.74 Å². The van der Waals surface area contributed by atoms with Crippen LogP contribution in [0.15, 0.2) is 12.2 Å². The Hall–Kier alpha value is -0.300. The Morgan fingerprint density at radius 2 is 1.93 bits per heavy atom. The van der Waals surface area contributed by atoms with Gasteiger partial charge < -0.3 is 4.74 Å². The summed E-state index contributed by atoms with van der Waals surface area (Å²) in [5.41, 5.74) is 0. The zero-order valence-electron chi connectivity index (χ0n) is 9.67. The van der Waals surface area contributed by atoms with Crippen molar-refractivity contribution in [3.05, 3.63) is 12.2 Å². The fourth-order valence-electron chi connectivity index (χ4n) is 2.32. The third kappa shape index (κ3) is 4.28. The van der Waals surface area contributed by atoms with Gasteiger partial charge in [0.25, 0.3) is 0 Å². The highest BCUT2D eigenvalue weighted by molar-refractivity contribution is 4.80. The number of allylic oxidation sites excluding steroid dienone is 2. The highest BCUT2D eigenvalue weighted by atomic mass is 16.5. The van der Waals surface area contributed by atoms with E-state index in [-0.39, 0.29) is 0 Å². The molecule has 0 atom stereocenters. The van der Waals surface area contributed by atoms with Gasteiger partial charge in [-0.2, -0.15) is 0 Å². The first kappa shape index (κ1) is 11.8. The van der Waals surface area contributed by atoms with Crippen LogP contribution in [0, 0.1) is 5.92 Å². The van der Waals surface area contributed by atoms with Gasteiger partial charge in [0, 0.05) is 6.61 Å². The third-order valence-electron chi connectivity index (χ3n) is 3.17. The summed E-state index contributed by atoms with van der Waals surface area (Å²) in [6.07, 6.45) is 13.0. The Kier molecular flexibility index (Phi) is 5.93. The molecule has 0 aromatic rings. The summed E-state index contributed by atoms with van der Waals surface area (Å²) in [6, 6.07) is 0. The molecule has 0 bridgehead atoms. The van der Waals surface area contributed by atoms with E-state index in [1.54, 1.807) is 0 Å². The highest BCUT2D eigenvalue weighted by Gasteiger charge is 2.20. The van der Waals surface area contributed by atoms with Crippen LogP contribution in [-0.4, -0.2) is 12.7 Å². The lowest BCUT2D eigenvalue weighted by Gasteiger charge is -2.28. The molecule has 0 unspecified atom stereocenters. The van der Waals surface area contributed by atoms with Gasteiger partial charge in [0.05, 0.1) is 6.10 Å². The Labute approximate surface area is 88.5 Å². The molecule has 1 rings (SSSR count). The molecule has 0 aliphatic heterocycles. The van der Waals surface area contributed by atoms with Crippen molar-refractivity contribution < 1.29 is 4.74 Å². The predicted octanol–water partition coefficient (Wildman–Crippen LogP) is 3.94. The Morgan fingerprint density at radius 1 is 1.21 bits per heavy atom. The SMILES string of the molecule is C/C=C/CCC1CCC(OCC)CC1. The first-order valence-electron chi connectivity index (χ1n) is 6.09. The Morgan fingerprint density at radius 3 is 2.50 bits per heavy atom. The van der Waals surface area contributed by atoms with Crippen molar-refractivity contribution in [3.63, 3.8) is 0 Å². The Bertz CT molecular complexity index is 155. The molecule has 1 nitrogen and oxygen atoms in total. The summed E-state index contributed by atoms with van der Waals surface area (Å²) in [4.78, 5) is 0. The quantitative estimate of drug-likeness (QED) is 0.605. The van der Waals surface area contributed by atoms with E-state index in [1.807, 2.05) is 0 Å². The van der Waals surface area contributed by atoms with Gasteiger partial charge in [0.1, 0.15) is 0 Å². The summed E-state index contributed by atoms with van der Waals surface area (Å²) in [6.45, 7) is 5.08. The van der Waals surface area contributed by atoms with Crippen LogP contribution < -0.4 is 0 Å². The lowest BCUT2D eigenvalue weighted by molar-refractivity contribution is 0.0249. The number of hydrogen-bond acceptors (Lipinski definition) is 1. The molecule has 1 fully saturated rings. The van der Waals surface area contributed by atoms with Crippen molar-refractivity contribution in [2.24, 2.45) is 5.92 Å². The lowest BCUT2D eigenvalue weighted by atomic mass is 9.84. The molecule has 0 radical (unpaired) electrons. The number of ether oxygens (including phenoxy) is 1. The van der Waals surface area contributed by atoms with Crippen LogP contribution >= 0.6 is 0 Å². The van der Waals surface area contributed by atoms with Crippen molar-refractivity contribution in [3.8, 4) is 0 Å². The van der Waals surface area contributed by atoms with E-state index in [0.717, 1.165) is 12.5 Å². The molecule has 0 N–H and O–H groups in total. The van der Waals surface area contributed by atoms with Crippen molar-refractivity contribution in [2.75, 3.05) is 6.61 Å². The molecular weight excluding hydrogens is 172 g/mol. The van der Waals surface area contributed by atoms with Gasteiger partial charge in [0.2, 0.25) is 0 Å². The van der Waals surface area contributed by atoms with E-state index < -0.39 is 0 Å². The van der Waals surface area contributed by atoms with E-state index >= 15 is 0 Å². The molecule has 0 heterocycles. The Balaban J connectivity index is 2.09. The third-order valence-corrected chi connectivity index (χ3v) is 3.17. The summed E-state index contributed by atoms with van der Waals surface area (Å²) < 4.78 is 5.64. The van der Waals surface area contributed by atoms with Gasteiger partial charge in [-0.15, -0.1) is 0 Å². The summed E-state index contributed by atoms with van der Waals surface area (Å²) in [5, 5.41) is 0. The fourth-order valence-corrected chi connectivity index (χ4v) is 2.32. The summed E-state index contributed by atoms with van der Waals surface area (Å²) in [7, 11) is 0. The van der Waals surface area contributed by atoms with Crippen LogP contribution in [0.25, 0.3) is 0 Å². The second-order valence-corrected chi connectivity index (χ2v) is 4.24. The molecular formula is C13H24O. The first-order chi connectivity index (χ1) is 6.86. The molecule has 0 spiro atoms. The summed E-state index contributed by atoms with van der Waals surface area (Å²) in [5.74, 6) is 0.961. The molecule has 0 aromatic heterocycles. The van der Waals surface area contributed by atoms with E-state index in [4.69, 9.17) is 4.74 Å². The molecule has 82 valence electrons. The van der Waals surface area contributed by atoms with E-state index in [0.29, 0.717) is 6.10 Å². The normalized spacial score (nSPS) is 28.4. The second kappa shape index (κ2) is 7.05. The first-order valence-corrected chi connectivity index (χ1v) is 6.09. The lowest BCUT2D eigenvalue weighted by Crippen LogP contribution is -2.21. The van der Waals surface area contributed by atoms with Crippen molar-refractivity contribution in [1.29, 1.82) is 0 Å². The highest BCUT2D eigenvalue weighted by Crippen LogP contribution is 2.29. The largest absolute Gasteiger partial charge is 0.379 e. The smallest absolute Gasteiger partial charge is 0.0575 e. The van der Waals surface area contributed by atoms with Gasteiger partial charge in [-0.05, 0) is 58.3 Å². The maximum Gasteiger partial charge on any atom is 0.0575 e. The zero-order valence-corrected chi connectivity index (χ0v) is 9.67. The zero-order chi connectivity index (χ0) is 10.2. The molecule has 1 aliphatic carbocycles. The summed E-state index contributed by atoms with van der Waals surface area (Å²) >= 11 is 0. The molecule has 0 saturated heterocycles. The molecule has 0 amide bonds. The van der Waals surface area contributed by atoms with Crippen molar-refractivity contribution in [2.45, 2.75) is 58.5 Å². The molecule has 1 aliphatic rings. The van der Waals surface area contributed by atoms with Crippen LogP contribution in [0.5, 0.6) is 0 Å². The minimum absolute atomic E-state index is 0.568. The van der Waals surface area contributed by atoms with E-state index in [1.165, 1.54) is 38.5 Å². The van der Waals surface area contributed by atoms with Crippen molar-refractivity contribution >= 4 is 0 Å². The van der Waals surface area contributed by atoms with E-state index in [9.17, 15) is 0 Å². The molecule has 1 heteroatoms.